The molecule has 0 aliphatic carbocycles. The summed E-state index contributed by atoms with van der Waals surface area (Å²) in [6.45, 7) is 0. The zero-order valence-electron chi connectivity index (χ0n) is 8.51. The summed E-state index contributed by atoms with van der Waals surface area (Å²) in [6.07, 6.45) is 3.36. The van der Waals surface area contributed by atoms with E-state index < -0.39 is 5.97 Å². The maximum absolute atomic E-state index is 12.0. The van der Waals surface area contributed by atoms with Gasteiger partial charge in [-0.05, 0) is 34.1 Å². The van der Waals surface area contributed by atoms with Crippen molar-refractivity contribution in [2.45, 2.75) is 0 Å². The first-order valence-electron chi connectivity index (χ1n) is 4.70. The fourth-order valence-electron chi connectivity index (χ4n) is 1.41. The minimum Gasteiger partial charge on any atom is -0.478 e. The molecule has 0 aliphatic rings. The van der Waals surface area contributed by atoms with Crippen molar-refractivity contribution in [3.63, 3.8) is 0 Å². The Morgan fingerprint density at radius 1 is 1.41 bits per heavy atom. The van der Waals surface area contributed by atoms with Gasteiger partial charge in [0.25, 0.3) is 0 Å². The minimum absolute atomic E-state index is 0.206. The molecule has 1 aromatic carbocycles. The van der Waals surface area contributed by atoms with Crippen molar-refractivity contribution in [3.05, 3.63) is 50.8 Å². The van der Waals surface area contributed by atoms with E-state index in [0.717, 1.165) is 6.08 Å². The van der Waals surface area contributed by atoms with Crippen molar-refractivity contribution >= 4 is 38.9 Å². The monoisotopic (exact) mass is 294 g/mol. The Morgan fingerprint density at radius 3 is 2.88 bits per heavy atom. The van der Waals surface area contributed by atoms with Gasteiger partial charge in [-0.25, -0.2) is 4.79 Å². The van der Waals surface area contributed by atoms with Gasteiger partial charge in [-0.1, -0.05) is 6.07 Å². The highest BCUT2D eigenvalue weighted by Crippen LogP contribution is 2.21. The number of benzene rings is 1. The molecule has 0 atom stereocenters. The molecule has 0 amide bonds. The molecular weight excluding hydrogens is 288 g/mol. The van der Waals surface area contributed by atoms with Crippen LogP contribution in [0.15, 0.2) is 44.2 Å². The quantitative estimate of drug-likeness (QED) is 0.865. The Kier molecular flexibility index (Phi) is 3.10. The molecule has 4 nitrogen and oxygen atoms in total. The highest BCUT2D eigenvalue weighted by Gasteiger charge is 2.07. The van der Waals surface area contributed by atoms with Crippen LogP contribution < -0.4 is 5.43 Å². The van der Waals surface area contributed by atoms with Crippen molar-refractivity contribution in [1.29, 1.82) is 0 Å². The zero-order valence-corrected chi connectivity index (χ0v) is 10.1. The Bertz CT molecular complexity index is 670. The van der Waals surface area contributed by atoms with Gasteiger partial charge in [-0.3, -0.25) is 4.79 Å². The van der Waals surface area contributed by atoms with Gasteiger partial charge in [0.1, 0.15) is 6.26 Å². The Labute approximate surface area is 104 Å². The fourth-order valence-corrected chi connectivity index (χ4v) is 1.87. The van der Waals surface area contributed by atoms with Gasteiger partial charge < -0.3 is 9.52 Å². The first-order chi connectivity index (χ1) is 8.09. The molecule has 2 rings (SSSR count). The van der Waals surface area contributed by atoms with Gasteiger partial charge in [0, 0.05) is 6.08 Å². The fraction of sp³-hybridized carbons (Fsp3) is 0. The molecule has 0 spiro atoms. The van der Waals surface area contributed by atoms with Crippen molar-refractivity contribution in [3.8, 4) is 0 Å². The summed E-state index contributed by atoms with van der Waals surface area (Å²) in [4.78, 5) is 22.3. The van der Waals surface area contributed by atoms with Crippen molar-refractivity contribution in [1.82, 2.24) is 0 Å². The van der Waals surface area contributed by atoms with Crippen LogP contribution >= 0.6 is 15.9 Å². The van der Waals surface area contributed by atoms with E-state index in [2.05, 4.69) is 15.9 Å². The standard InChI is InChI=1S/C12H7BrO4/c13-9-3-1-2-8-11(16)7(4-5-10(14)15)6-17-12(8)9/h1-6H,(H,14,15)/b5-4+. The lowest BCUT2D eigenvalue weighted by Gasteiger charge is -1.99. The number of para-hydroxylation sites is 1. The van der Waals surface area contributed by atoms with Crippen LogP contribution in [0, 0.1) is 0 Å². The van der Waals surface area contributed by atoms with Gasteiger partial charge >= 0.3 is 5.97 Å². The number of aliphatic carboxylic acids is 1. The maximum Gasteiger partial charge on any atom is 0.328 e. The summed E-state index contributed by atoms with van der Waals surface area (Å²) in [5, 5.41) is 8.91. The first-order valence-corrected chi connectivity index (χ1v) is 5.50. The van der Waals surface area contributed by atoms with Gasteiger partial charge in [0.2, 0.25) is 0 Å². The van der Waals surface area contributed by atoms with Crippen molar-refractivity contribution in [2.24, 2.45) is 0 Å². The van der Waals surface area contributed by atoms with Crippen LogP contribution in [0.1, 0.15) is 5.56 Å². The molecule has 1 heterocycles. The summed E-state index contributed by atoms with van der Waals surface area (Å²) >= 11 is 3.27. The Balaban J connectivity index is 2.67. The predicted molar refractivity (Wildman–Crippen MR) is 66.9 cm³/mol. The third-order valence-corrected chi connectivity index (χ3v) is 2.81. The van der Waals surface area contributed by atoms with E-state index in [4.69, 9.17) is 9.52 Å². The smallest absolute Gasteiger partial charge is 0.328 e. The average Bonchev–Trinajstić information content (AvgIpc) is 2.29. The number of hydrogen-bond donors (Lipinski definition) is 1. The molecule has 5 heteroatoms. The van der Waals surface area contributed by atoms with Gasteiger partial charge in [0.05, 0.1) is 15.4 Å². The van der Waals surface area contributed by atoms with Gasteiger partial charge in [-0.2, -0.15) is 0 Å². The summed E-state index contributed by atoms with van der Waals surface area (Å²) < 4.78 is 5.98. The number of fused-ring (bicyclic) bond motifs is 1. The van der Waals surface area contributed by atoms with Crippen LogP contribution in [-0.2, 0) is 4.79 Å². The molecule has 0 radical (unpaired) electrons. The molecule has 0 bridgehead atoms. The average molecular weight is 295 g/mol. The number of rotatable bonds is 2. The molecule has 0 saturated carbocycles. The second-order valence-corrected chi connectivity index (χ2v) is 4.16. The van der Waals surface area contributed by atoms with E-state index in [1.165, 1.54) is 12.3 Å². The van der Waals surface area contributed by atoms with E-state index in [-0.39, 0.29) is 11.0 Å². The van der Waals surface area contributed by atoms with Crippen LogP contribution in [0.5, 0.6) is 0 Å². The maximum atomic E-state index is 12.0. The lowest BCUT2D eigenvalue weighted by atomic mass is 10.1. The SMILES string of the molecule is O=C(O)/C=C/c1coc2c(Br)cccc2c1=O. The molecule has 2 aromatic rings. The Morgan fingerprint density at radius 2 is 2.18 bits per heavy atom. The molecule has 1 aromatic heterocycles. The van der Waals surface area contributed by atoms with Crippen LogP contribution in [0.3, 0.4) is 0 Å². The molecular formula is C12H7BrO4. The van der Waals surface area contributed by atoms with Crippen LogP contribution in [0.25, 0.3) is 17.0 Å². The molecule has 0 fully saturated rings. The van der Waals surface area contributed by atoms with Crippen LogP contribution in [-0.4, -0.2) is 11.1 Å². The topological polar surface area (TPSA) is 67.5 Å². The second kappa shape index (κ2) is 4.55. The lowest BCUT2D eigenvalue weighted by molar-refractivity contribution is -0.131. The highest BCUT2D eigenvalue weighted by atomic mass is 79.9. The molecule has 1 N–H and O–H groups in total. The van der Waals surface area contributed by atoms with E-state index >= 15 is 0 Å². The number of hydrogen-bond acceptors (Lipinski definition) is 3. The summed E-state index contributed by atoms with van der Waals surface area (Å²) in [7, 11) is 0. The number of carbonyl (C=O) groups is 1. The summed E-state index contributed by atoms with van der Waals surface area (Å²) in [5.41, 5.74) is 0.396. The van der Waals surface area contributed by atoms with E-state index in [9.17, 15) is 9.59 Å². The van der Waals surface area contributed by atoms with Crippen LogP contribution in [0.2, 0.25) is 0 Å². The predicted octanol–water partition coefficient (Wildman–Crippen LogP) is 2.65. The van der Waals surface area contributed by atoms with Gasteiger partial charge in [0.15, 0.2) is 11.0 Å². The van der Waals surface area contributed by atoms with Crippen molar-refractivity contribution < 1.29 is 14.3 Å². The summed E-state index contributed by atoms with van der Waals surface area (Å²) in [5.74, 6) is -1.11. The third kappa shape index (κ3) is 2.29. The lowest BCUT2D eigenvalue weighted by Crippen LogP contribution is -2.05. The molecule has 0 aliphatic heterocycles. The second-order valence-electron chi connectivity index (χ2n) is 3.31. The van der Waals surface area contributed by atoms with Gasteiger partial charge in [-0.15, -0.1) is 0 Å². The van der Waals surface area contributed by atoms with E-state index in [1.807, 2.05) is 0 Å². The van der Waals surface area contributed by atoms with Crippen LogP contribution in [0.4, 0.5) is 0 Å². The largest absolute Gasteiger partial charge is 0.478 e. The van der Waals surface area contributed by atoms with Crippen molar-refractivity contribution in [2.75, 3.05) is 0 Å². The zero-order chi connectivity index (χ0) is 12.4. The number of carboxylic acids is 1. The van der Waals surface area contributed by atoms with E-state index in [1.54, 1.807) is 18.2 Å². The molecule has 0 saturated heterocycles. The first kappa shape index (κ1) is 11.6. The van der Waals surface area contributed by atoms with E-state index in [0.29, 0.717) is 15.4 Å². The minimum atomic E-state index is -1.11. The summed E-state index contributed by atoms with van der Waals surface area (Å²) in [6, 6.07) is 5.11. The number of halogens is 1. The normalized spacial score (nSPS) is 11.1. The highest BCUT2D eigenvalue weighted by molar-refractivity contribution is 9.10. The third-order valence-electron chi connectivity index (χ3n) is 2.18. The molecule has 86 valence electrons. The molecule has 0 unspecified atom stereocenters. The number of carboxylic acid groups (broad SMARTS) is 1. The Hall–Kier alpha value is -1.88. The molecule has 17 heavy (non-hydrogen) atoms.